The Morgan fingerprint density at radius 3 is 2.40 bits per heavy atom. The third-order valence-electron chi connectivity index (χ3n) is 3.02. The van der Waals surface area contributed by atoms with Gasteiger partial charge in [0.05, 0.1) is 0 Å². The second-order valence-corrected chi connectivity index (χ2v) is 4.15. The molecule has 1 fully saturated rings. The van der Waals surface area contributed by atoms with Crippen LogP contribution in [0.4, 0.5) is 8.78 Å². The van der Waals surface area contributed by atoms with E-state index in [-0.39, 0.29) is 5.54 Å². The molecule has 1 atom stereocenters. The van der Waals surface area contributed by atoms with Crippen LogP contribution in [0.3, 0.4) is 0 Å². The molecule has 1 saturated heterocycles. The van der Waals surface area contributed by atoms with Crippen LogP contribution in [0, 0.1) is 11.6 Å². The number of hydrogen-bond acceptors (Lipinski definition) is 2. The van der Waals surface area contributed by atoms with Gasteiger partial charge in [-0.25, -0.2) is 8.78 Å². The van der Waals surface area contributed by atoms with E-state index in [1.54, 1.807) is 0 Å². The Kier molecular flexibility index (Phi) is 2.38. The molecule has 0 radical (unpaired) electrons. The molecule has 0 aromatic heterocycles. The maximum Gasteiger partial charge on any atom is 0.187 e. The van der Waals surface area contributed by atoms with Crippen molar-refractivity contribution in [3.8, 4) is 5.75 Å². The summed E-state index contributed by atoms with van der Waals surface area (Å²) >= 11 is 0. The van der Waals surface area contributed by atoms with Crippen LogP contribution < -0.4 is 5.32 Å². The number of phenols is 1. The summed E-state index contributed by atoms with van der Waals surface area (Å²) in [5, 5.41) is 12.2. The van der Waals surface area contributed by atoms with E-state index in [1.807, 2.05) is 6.92 Å². The summed E-state index contributed by atoms with van der Waals surface area (Å²) in [5.74, 6) is -2.71. The topological polar surface area (TPSA) is 32.3 Å². The Bertz CT molecular complexity index is 363. The molecule has 1 aliphatic heterocycles. The molecule has 0 spiro atoms. The largest absolute Gasteiger partial charge is 0.503 e. The van der Waals surface area contributed by atoms with Gasteiger partial charge in [0.2, 0.25) is 0 Å². The molecule has 0 amide bonds. The number of hydrogen-bond donors (Lipinski definition) is 2. The van der Waals surface area contributed by atoms with Gasteiger partial charge in [0.25, 0.3) is 0 Å². The molecule has 0 saturated carbocycles. The fourth-order valence-electron chi connectivity index (χ4n) is 2.03. The molecule has 2 rings (SSSR count). The monoisotopic (exact) mass is 213 g/mol. The fourth-order valence-corrected chi connectivity index (χ4v) is 2.03. The molecule has 0 aliphatic carbocycles. The van der Waals surface area contributed by atoms with E-state index in [0.717, 1.165) is 19.4 Å². The first-order valence-electron chi connectivity index (χ1n) is 4.96. The van der Waals surface area contributed by atoms with Gasteiger partial charge in [0, 0.05) is 5.54 Å². The van der Waals surface area contributed by atoms with Gasteiger partial charge in [-0.3, -0.25) is 0 Å². The smallest absolute Gasteiger partial charge is 0.187 e. The summed E-state index contributed by atoms with van der Waals surface area (Å²) in [5.41, 5.74) is 0.169. The van der Waals surface area contributed by atoms with Gasteiger partial charge < -0.3 is 10.4 Å². The molecule has 2 N–H and O–H groups in total. The second-order valence-electron chi connectivity index (χ2n) is 4.15. The number of phenolic OH excluding ortho intramolecular Hbond substituents is 1. The molecule has 4 heteroatoms. The maximum absolute atomic E-state index is 13.1. The summed E-state index contributed by atoms with van der Waals surface area (Å²) in [6.07, 6.45) is 1.83. The van der Waals surface area contributed by atoms with Crippen molar-refractivity contribution >= 4 is 0 Å². The highest BCUT2D eigenvalue weighted by Gasteiger charge is 2.31. The van der Waals surface area contributed by atoms with Gasteiger partial charge in [-0.05, 0) is 44.0 Å². The van der Waals surface area contributed by atoms with Crippen LogP contribution in [0.1, 0.15) is 25.3 Å². The van der Waals surface area contributed by atoms with Crippen LogP contribution in [0.15, 0.2) is 12.1 Å². The van der Waals surface area contributed by atoms with Crippen molar-refractivity contribution in [3.63, 3.8) is 0 Å². The van der Waals surface area contributed by atoms with Crippen LogP contribution in [0.5, 0.6) is 5.75 Å². The number of rotatable bonds is 1. The van der Waals surface area contributed by atoms with Gasteiger partial charge in [-0.1, -0.05) is 0 Å². The van der Waals surface area contributed by atoms with Crippen molar-refractivity contribution < 1.29 is 13.9 Å². The van der Waals surface area contributed by atoms with Crippen molar-refractivity contribution in [3.05, 3.63) is 29.3 Å². The van der Waals surface area contributed by atoms with Crippen molar-refractivity contribution in [2.24, 2.45) is 0 Å². The summed E-state index contributed by atoms with van der Waals surface area (Å²) in [6, 6.07) is 2.38. The molecular formula is C11H13F2NO. The second kappa shape index (κ2) is 3.45. The minimum atomic E-state index is -0.903. The Morgan fingerprint density at radius 2 is 1.93 bits per heavy atom. The Hall–Kier alpha value is -1.16. The van der Waals surface area contributed by atoms with Gasteiger partial charge in [-0.2, -0.15) is 0 Å². The maximum atomic E-state index is 13.1. The number of nitrogens with one attached hydrogen (secondary N) is 1. The summed E-state index contributed by atoms with van der Waals surface area (Å²) in [4.78, 5) is 0. The predicted molar refractivity (Wildman–Crippen MR) is 52.6 cm³/mol. The lowest BCUT2D eigenvalue weighted by Gasteiger charge is -2.25. The normalized spacial score (nSPS) is 25.8. The highest BCUT2D eigenvalue weighted by atomic mass is 19.1. The quantitative estimate of drug-likeness (QED) is 0.750. The van der Waals surface area contributed by atoms with Crippen LogP contribution in [-0.2, 0) is 5.54 Å². The molecule has 1 heterocycles. The first-order chi connectivity index (χ1) is 7.03. The predicted octanol–water partition coefficient (Wildman–Crippen LogP) is 2.27. The average molecular weight is 213 g/mol. The van der Waals surface area contributed by atoms with Crippen LogP contribution in [-0.4, -0.2) is 11.7 Å². The van der Waals surface area contributed by atoms with E-state index in [4.69, 9.17) is 5.11 Å². The van der Waals surface area contributed by atoms with E-state index >= 15 is 0 Å². The molecular weight excluding hydrogens is 200 g/mol. The SMILES string of the molecule is CC1(c2cc(F)c(O)c(F)c2)CCCN1. The van der Waals surface area contributed by atoms with Crippen molar-refractivity contribution in [2.45, 2.75) is 25.3 Å². The van der Waals surface area contributed by atoms with Crippen LogP contribution in [0.2, 0.25) is 0 Å². The number of aromatic hydroxyl groups is 1. The molecule has 0 bridgehead atoms. The summed E-state index contributed by atoms with van der Waals surface area (Å²) in [6.45, 7) is 2.76. The molecule has 1 aromatic rings. The number of benzene rings is 1. The van der Waals surface area contributed by atoms with Crippen molar-refractivity contribution in [1.82, 2.24) is 5.32 Å². The van der Waals surface area contributed by atoms with E-state index in [0.29, 0.717) is 5.56 Å². The standard InChI is InChI=1S/C11H13F2NO/c1-11(3-2-4-14-11)7-5-8(12)10(15)9(13)6-7/h5-6,14-15H,2-4H2,1H3. The minimum absolute atomic E-state index is 0.380. The van der Waals surface area contributed by atoms with Gasteiger partial charge >= 0.3 is 0 Å². The lowest BCUT2D eigenvalue weighted by Crippen LogP contribution is -2.33. The van der Waals surface area contributed by atoms with Crippen LogP contribution >= 0.6 is 0 Å². The molecule has 2 nitrogen and oxygen atoms in total. The average Bonchev–Trinajstić information content (AvgIpc) is 2.62. The summed E-state index contributed by atoms with van der Waals surface area (Å²) in [7, 11) is 0. The Balaban J connectivity index is 2.45. The van der Waals surface area contributed by atoms with Crippen molar-refractivity contribution in [1.29, 1.82) is 0 Å². The molecule has 1 aliphatic rings. The third kappa shape index (κ3) is 1.69. The van der Waals surface area contributed by atoms with E-state index in [9.17, 15) is 8.78 Å². The zero-order chi connectivity index (χ0) is 11.1. The first kappa shape index (κ1) is 10.4. The molecule has 15 heavy (non-hydrogen) atoms. The molecule has 1 aromatic carbocycles. The molecule has 1 unspecified atom stereocenters. The zero-order valence-electron chi connectivity index (χ0n) is 8.48. The van der Waals surface area contributed by atoms with Gasteiger partial charge in [0.1, 0.15) is 0 Å². The lowest BCUT2D eigenvalue weighted by molar-refractivity contribution is 0.384. The van der Waals surface area contributed by atoms with E-state index in [2.05, 4.69) is 5.32 Å². The van der Waals surface area contributed by atoms with E-state index < -0.39 is 17.4 Å². The van der Waals surface area contributed by atoms with E-state index in [1.165, 1.54) is 12.1 Å². The van der Waals surface area contributed by atoms with Gasteiger partial charge in [-0.15, -0.1) is 0 Å². The summed E-state index contributed by atoms with van der Waals surface area (Å²) < 4.78 is 26.3. The van der Waals surface area contributed by atoms with Crippen LogP contribution in [0.25, 0.3) is 0 Å². The highest BCUT2D eigenvalue weighted by Crippen LogP contribution is 2.33. The first-order valence-corrected chi connectivity index (χ1v) is 4.96. The zero-order valence-corrected chi connectivity index (χ0v) is 8.48. The Morgan fingerprint density at radius 1 is 1.33 bits per heavy atom. The third-order valence-corrected chi connectivity index (χ3v) is 3.02. The Labute approximate surface area is 86.9 Å². The van der Waals surface area contributed by atoms with Crippen molar-refractivity contribution in [2.75, 3.05) is 6.54 Å². The number of halogens is 2. The fraction of sp³-hybridized carbons (Fsp3) is 0.455. The van der Waals surface area contributed by atoms with Gasteiger partial charge in [0.15, 0.2) is 17.4 Å². The minimum Gasteiger partial charge on any atom is -0.503 e. The molecule has 82 valence electrons. The highest BCUT2D eigenvalue weighted by molar-refractivity contribution is 5.34. The lowest BCUT2D eigenvalue weighted by atomic mass is 9.90.